The highest BCUT2D eigenvalue weighted by Gasteiger charge is 2.30. The van der Waals surface area contributed by atoms with Gasteiger partial charge in [0.05, 0.1) is 31.0 Å². The molecule has 6 nitrogen and oxygen atoms in total. The van der Waals surface area contributed by atoms with Crippen LogP contribution in [-0.4, -0.2) is 48.6 Å². The molecule has 0 saturated carbocycles. The summed E-state index contributed by atoms with van der Waals surface area (Å²) in [5.74, 6) is 0.370. The zero-order valence-electron chi connectivity index (χ0n) is 14.4. The summed E-state index contributed by atoms with van der Waals surface area (Å²) in [6, 6.07) is 4.91. The quantitative estimate of drug-likeness (QED) is 0.459. The van der Waals surface area contributed by atoms with Crippen molar-refractivity contribution in [1.29, 1.82) is 0 Å². The molecule has 0 aliphatic carbocycles. The van der Waals surface area contributed by atoms with Crippen LogP contribution in [0.25, 0.3) is 10.6 Å². The molecule has 3 rings (SSSR count). The molecule has 2 aromatic rings. The van der Waals surface area contributed by atoms with Crippen LogP contribution < -0.4 is 5.73 Å². The smallest absolute Gasteiger partial charge is 0.388 e. The normalized spacial score (nSPS) is 16.5. The molecule has 1 fully saturated rings. The molecular weight excluding hydrogens is 381 g/mol. The standard InChI is InChI=1S/C17H19F3N4O2S/c18-17(19,20)13-3-1-12(2-4-13)16-22-14(11-27-16)10-26-23-15(21)9-24-5-7-25-8-6-24/h1-4,11H,5-10H2,(H2,21,23). The van der Waals surface area contributed by atoms with Gasteiger partial charge in [-0.1, -0.05) is 17.3 Å². The van der Waals surface area contributed by atoms with Gasteiger partial charge in [0.25, 0.3) is 0 Å². The van der Waals surface area contributed by atoms with Gasteiger partial charge >= 0.3 is 6.18 Å². The molecule has 0 radical (unpaired) electrons. The van der Waals surface area contributed by atoms with Gasteiger partial charge in [0, 0.05) is 24.0 Å². The molecule has 1 aliphatic heterocycles. The Balaban J connectivity index is 1.52. The van der Waals surface area contributed by atoms with E-state index in [4.69, 9.17) is 15.3 Å². The molecule has 0 spiro atoms. The Morgan fingerprint density at radius 1 is 1.26 bits per heavy atom. The highest BCUT2D eigenvalue weighted by molar-refractivity contribution is 7.13. The number of halogens is 3. The van der Waals surface area contributed by atoms with Crippen LogP contribution in [0, 0.1) is 0 Å². The fourth-order valence-corrected chi connectivity index (χ4v) is 3.32. The van der Waals surface area contributed by atoms with Crippen molar-refractivity contribution in [1.82, 2.24) is 9.88 Å². The Bertz CT molecular complexity index is 771. The molecule has 2 N–H and O–H groups in total. The van der Waals surface area contributed by atoms with Crippen molar-refractivity contribution in [2.45, 2.75) is 12.8 Å². The monoisotopic (exact) mass is 400 g/mol. The maximum absolute atomic E-state index is 12.6. The Morgan fingerprint density at radius 2 is 1.96 bits per heavy atom. The maximum atomic E-state index is 12.6. The van der Waals surface area contributed by atoms with Crippen LogP contribution in [0.1, 0.15) is 11.3 Å². The maximum Gasteiger partial charge on any atom is 0.416 e. The molecular formula is C17H19F3N4O2S. The zero-order valence-corrected chi connectivity index (χ0v) is 15.2. The number of alkyl halides is 3. The highest BCUT2D eigenvalue weighted by Crippen LogP contribution is 2.31. The fourth-order valence-electron chi connectivity index (χ4n) is 2.51. The molecule has 0 unspecified atom stereocenters. The lowest BCUT2D eigenvalue weighted by molar-refractivity contribution is -0.137. The molecule has 1 aliphatic rings. The van der Waals surface area contributed by atoms with Crippen molar-refractivity contribution in [3.05, 3.63) is 40.9 Å². The zero-order chi connectivity index (χ0) is 19.3. The Hall–Kier alpha value is -2.17. The van der Waals surface area contributed by atoms with Crippen LogP contribution in [0.3, 0.4) is 0 Å². The number of amidine groups is 1. The first-order chi connectivity index (χ1) is 12.9. The lowest BCUT2D eigenvalue weighted by Gasteiger charge is -2.25. The van der Waals surface area contributed by atoms with Crippen LogP contribution in [0.2, 0.25) is 0 Å². The van der Waals surface area contributed by atoms with Gasteiger partial charge < -0.3 is 15.3 Å². The van der Waals surface area contributed by atoms with E-state index in [9.17, 15) is 13.2 Å². The predicted octanol–water partition coefficient (Wildman–Crippen LogP) is 2.95. The van der Waals surface area contributed by atoms with Crippen LogP contribution in [0.4, 0.5) is 13.2 Å². The summed E-state index contributed by atoms with van der Waals surface area (Å²) in [5, 5.41) is 6.28. The minimum Gasteiger partial charge on any atom is -0.388 e. The average Bonchev–Trinajstić information content (AvgIpc) is 3.11. The van der Waals surface area contributed by atoms with Gasteiger partial charge in [0.1, 0.15) is 5.01 Å². The predicted molar refractivity (Wildman–Crippen MR) is 96.2 cm³/mol. The summed E-state index contributed by atoms with van der Waals surface area (Å²) in [7, 11) is 0. The van der Waals surface area contributed by atoms with Gasteiger partial charge in [-0.05, 0) is 12.1 Å². The van der Waals surface area contributed by atoms with Gasteiger partial charge in [-0.2, -0.15) is 13.2 Å². The second-order valence-electron chi connectivity index (χ2n) is 5.96. The Labute approximate surface area is 158 Å². The van der Waals surface area contributed by atoms with Crippen molar-refractivity contribution >= 4 is 17.2 Å². The third-order valence-electron chi connectivity index (χ3n) is 3.89. The van der Waals surface area contributed by atoms with E-state index in [2.05, 4.69) is 15.0 Å². The van der Waals surface area contributed by atoms with Crippen LogP contribution in [0.15, 0.2) is 34.8 Å². The Morgan fingerprint density at radius 3 is 2.63 bits per heavy atom. The number of hydrogen-bond donors (Lipinski definition) is 1. The number of thiazole rings is 1. The van der Waals surface area contributed by atoms with Crippen molar-refractivity contribution in [2.24, 2.45) is 10.9 Å². The van der Waals surface area contributed by atoms with E-state index in [0.717, 1.165) is 25.2 Å². The lowest BCUT2D eigenvalue weighted by Crippen LogP contribution is -2.41. The van der Waals surface area contributed by atoms with E-state index < -0.39 is 11.7 Å². The van der Waals surface area contributed by atoms with Crippen LogP contribution >= 0.6 is 11.3 Å². The van der Waals surface area contributed by atoms with Gasteiger partial charge in [-0.15, -0.1) is 11.3 Å². The molecule has 0 amide bonds. The molecule has 10 heteroatoms. The summed E-state index contributed by atoms with van der Waals surface area (Å²) >= 11 is 1.33. The highest BCUT2D eigenvalue weighted by atomic mass is 32.1. The van der Waals surface area contributed by atoms with E-state index in [0.29, 0.717) is 41.9 Å². The number of morpholine rings is 1. The van der Waals surface area contributed by atoms with Crippen molar-refractivity contribution in [2.75, 3.05) is 32.8 Å². The third-order valence-corrected chi connectivity index (χ3v) is 4.83. The van der Waals surface area contributed by atoms with E-state index in [1.807, 2.05) is 0 Å². The molecule has 27 heavy (non-hydrogen) atoms. The summed E-state index contributed by atoms with van der Waals surface area (Å²) < 4.78 is 43.1. The molecule has 146 valence electrons. The molecule has 1 aromatic heterocycles. The van der Waals surface area contributed by atoms with Gasteiger partial charge in [-0.25, -0.2) is 4.98 Å². The minimum absolute atomic E-state index is 0.140. The van der Waals surface area contributed by atoms with Crippen LogP contribution in [0.5, 0.6) is 0 Å². The summed E-state index contributed by atoms with van der Waals surface area (Å²) in [6.07, 6.45) is -4.35. The molecule has 1 aromatic carbocycles. The summed E-state index contributed by atoms with van der Waals surface area (Å²) in [6.45, 7) is 3.62. The lowest BCUT2D eigenvalue weighted by atomic mass is 10.1. The largest absolute Gasteiger partial charge is 0.416 e. The Kier molecular flexibility index (Phi) is 6.30. The van der Waals surface area contributed by atoms with Crippen LogP contribution in [-0.2, 0) is 22.4 Å². The summed E-state index contributed by atoms with van der Waals surface area (Å²) in [4.78, 5) is 11.7. The second kappa shape index (κ2) is 8.68. The number of nitrogens with zero attached hydrogens (tertiary/aromatic N) is 3. The van der Waals surface area contributed by atoms with Crippen molar-refractivity contribution in [3.63, 3.8) is 0 Å². The first-order valence-electron chi connectivity index (χ1n) is 8.28. The SMILES string of the molecule is N/C(CN1CCOCC1)=N\OCc1csc(-c2ccc(C(F)(F)F)cc2)n1. The first kappa shape index (κ1) is 19.6. The van der Waals surface area contributed by atoms with Gasteiger partial charge in [0.2, 0.25) is 0 Å². The molecule has 1 saturated heterocycles. The number of aromatic nitrogens is 1. The third kappa shape index (κ3) is 5.65. The molecule has 0 bridgehead atoms. The molecule has 0 atom stereocenters. The second-order valence-corrected chi connectivity index (χ2v) is 6.82. The van der Waals surface area contributed by atoms with E-state index >= 15 is 0 Å². The number of ether oxygens (including phenoxy) is 1. The van der Waals surface area contributed by atoms with Crippen molar-refractivity contribution < 1.29 is 22.7 Å². The number of oxime groups is 1. The molecule has 2 heterocycles. The minimum atomic E-state index is -4.35. The number of rotatable bonds is 6. The first-order valence-corrected chi connectivity index (χ1v) is 9.16. The fraction of sp³-hybridized carbons (Fsp3) is 0.412. The van der Waals surface area contributed by atoms with E-state index in [-0.39, 0.29) is 6.61 Å². The number of nitrogens with two attached hydrogens (primary N) is 1. The topological polar surface area (TPSA) is 73.0 Å². The van der Waals surface area contributed by atoms with Gasteiger partial charge in [-0.3, -0.25) is 4.90 Å². The summed E-state index contributed by atoms with van der Waals surface area (Å²) in [5.41, 5.74) is 6.42. The van der Waals surface area contributed by atoms with E-state index in [1.54, 1.807) is 5.38 Å². The average molecular weight is 400 g/mol. The van der Waals surface area contributed by atoms with E-state index in [1.165, 1.54) is 23.5 Å². The van der Waals surface area contributed by atoms with Crippen molar-refractivity contribution in [3.8, 4) is 10.6 Å². The number of benzene rings is 1. The number of hydrogen-bond acceptors (Lipinski definition) is 6. The van der Waals surface area contributed by atoms with Gasteiger partial charge in [0.15, 0.2) is 12.4 Å².